The van der Waals surface area contributed by atoms with Gasteiger partial charge in [-0.3, -0.25) is 9.59 Å². The Morgan fingerprint density at radius 2 is 2.04 bits per heavy atom. The average molecular weight is 376 g/mol. The fourth-order valence-corrected chi connectivity index (χ4v) is 4.18. The second-order valence-electron chi connectivity index (χ2n) is 7.62. The molecule has 2 aliphatic heterocycles. The summed E-state index contributed by atoms with van der Waals surface area (Å²) >= 11 is 0. The minimum absolute atomic E-state index is 0.00297. The van der Waals surface area contributed by atoms with Gasteiger partial charge in [-0.05, 0) is 50.3 Å². The fourth-order valence-electron chi connectivity index (χ4n) is 4.18. The lowest BCUT2D eigenvalue weighted by Gasteiger charge is -2.42. The lowest BCUT2D eigenvalue weighted by atomic mass is 9.92. The molecule has 1 spiro atoms. The summed E-state index contributed by atoms with van der Waals surface area (Å²) in [4.78, 5) is 28.7. The number of anilines is 1. The molecule has 2 aliphatic rings. The SMILES string of the molecule is CCC(CC)C(=O)N1CCCC2(CC1)CN(c1cccc(F)c1)C(=O)CO2. The lowest BCUT2D eigenvalue weighted by molar-refractivity contribution is -0.141. The smallest absolute Gasteiger partial charge is 0.253 e. The number of rotatable bonds is 4. The van der Waals surface area contributed by atoms with Gasteiger partial charge < -0.3 is 14.5 Å². The molecule has 0 aliphatic carbocycles. The summed E-state index contributed by atoms with van der Waals surface area (Å²) in [5.41, 5.74) is 0.0975. The molecule has 0 saturated carbocycles. The summed E-state index contributed by atoms with van der Waals surface area (Å²) in [6.07, 6.45) is 4.04. The van der Waals surface area contributed by atoms with E-state index in [1.807, 2.05) is 4.90 Å². The molecule has 0 bridgehead atoms. The third-order valence-electron chi connectivity index (χ3n) is 5.91. The van der Waals surface area contributed by atoms with Gasteiger partial charge in [-0.15, -0.1) is 0 Å². The maximum Gasteiger partial charge on any atom is 0.253 e. The van der Waals surface area contributed by atoms with E-state index in [-0.39, 0.29) is 30.2 Å². The van der Waals surface area contributed by atoms with Crippen molar-refractivity contribution in [1.29, 1.82) is 0 Å². The standard InChI is InChI=1S/C21H29FN2O3/c1-3-16(4-2)20(26)23-11-6-9-21(10-12-23)15-24(19(25)14-27-21)18-8-5-7-17(22)13-18/h5,7-8,13,16H,3-4,6,9-12,14-15H2,1-2H3. The highest BCUT2D eigenvalue weighted by Crippen LogP contribution is 2.33. The van der Waals surface area contributed by atoms with Gasteiger partial charge in [0.1, 0.15) is 12.4 Å². The van der Waals surface area contributed by atoms with Crippen LogP contribution in [0.2, 0.25) is 0 Å². The monoisotopic (exact) mass is 376 g/mol. The molecule has 5 nitrogen and oxygen atoms in total. The van der Waals surface area contributed by atoms with E-state index < -0.39 is 5.60 Å². The Kier molecular flexibility index (Phi) is 6.15. The molecule has 148 valence electrons. The molecule has 0 N–H and O–H groups in total. The van der Waals surface area contributed by atoms with Crippen LogP contribution in [-0.2, 0) is 14.3 Å². The summed E-state index contributed by atoms with van der Waals surface area (Å²) in [6, 6.07) is 6.12. The van der Waals surface area contributed by atoms with Crippen LogP contribution in [0.1, 0.15) is 46.0 Å². The predicted molar refractivity (Wildman–Crippen MR) is 102 cm³/mol. The van der Waals surface area contributed by atoms with E-state index in [0.717, 1.165) is 32.2 Å². The van der Waals surface area contributed by atoms with Gasteiger partial charge in [-0.2, -0.15) is 0 Å². The van der Waals surface area contributed by atoms with Crippen molar-refractivity contribution in [2.75, 3.05) is 31.1 Å². The van der Waals surface area contributed by atoms with Gasteiger partial charge in [-0.25, -0.2) is 4.39 Å². The summed E-state index contributed by atoms with van der Waals surface area (Å²) in [6.45, 7) is 5.88. The van der Waals surface area contributed by atoms with E-state index in [1.165, 1.54) is 12.1 Å². The highest BCUT2D eigenvalue weighted by molar-refractivity contribution is 5.95. The van der Waals surface area contributed by atoms with Crippen LogP contribution in [0.4, 0.5) is 10.1 Å². The Morgan fingerprint density at radius 1 is 1.26 bits per heavy atom. The highest BCUT2D eigenvalue weighted by Gasteiger charge is 2.42. The summed E-state index contributed by atoms with van der Waals surface area (Å²) < 4.78 is 19.6. The van der Waals surface area contributed by atoms with Crippen LogP contribution in [0, 0.1) is 11.7 Å². The summed E-state index contributed by atoms with van der Waals surface area (Å²) in [7, 11) is 0. The van der Waals surface area contributed by atoms with E-state index in [9.17, 15) is 14.0 Å². The number of hydrogen-bond donors (Lipinski definition) is 0. The molecule has 0 radical (unpaired) electrons. The lowest BCUT2D eigenvalue weighted by Crippen LogP contribution is -2.55. The first-order chi connectivity index (χ1) is 13.0. The molecule has 2 fully saturated rings. The van der Waals surface area contributed by atoms with E-state index in [1.54, 1.807) is 17.0 Å². The van der Waals surface area contributed by atoms with Crippen LogP contribution in [0.15, 0.2) is 24.3 Å². The molecule has 1 atom stereocenters. The fraction of sp³-hybridized carbons (Fsp3) is 0.619. The van der Waals surface area contributed by atoms with Gasteiger partial charge in [-0.1, -0.05) is 19.9 Å². The number of hydrogen-bond acceptors (Lipinski definition) is 3. The number of carbonyl (C=O) groups is 2. The van der Waals surface area contributed by atoms with Crippen molar-refractivity contribution in [2.45, 2.75) is 51.6 Å². The van der Waals surface area contributed by atoms with Crippen molar-refractivity contribution in [3.63, 3.8) is 0 Å². The van der Waals surface area contributed by atoms with E-state index in [2.05, 4.69) is 13.8 Å². The van der Waals surface area contributed by atoms with E-state index in [0.29, 0.717) is 25.2 Å². The Hall–Kier alpha value is -1.95. The van der Waals surface area contributed by atoms with Crippen LogP contribution >= 0.6 is 0 Å². The first kappa shape index (κ1) is 19.8. The second-order valence-corrected chi connectivity index (χ2v) is 7.62. The number of morpholine rings is 1. The number of benzene rings is 1. The first-order valence-electron chi connectivity index (χ1n) is 9.96. The Labute approximate surface area is 160 Å². The van der Waals surface area contributed by atoms with Gasteiger partial charge in [0, 0.05) is 24.7 Å². The van der Waals surface area contributed by atoms with Crippen molar-refractivity contribution < 1.29 is 18.7 Å². The van der Waals surface area contributed by atoms with E-state index in [4.69, 9.17) is 4.74 Å². The zero-order valence-corrected chi connectivity index (χ0v) is 16.2. The number of carbonyl (C=O) groups excluding carboxylic acids is 2. The normalized spacial score (nSPS) is 23.8. The van der Waals surface area contributed by atoms with Gasteiger partial charge >= 0.3 is 0 Å². The number of halogens is 1. The highest BCUT2D eigenvalue weighted by atomic mass is 19.1. The molecule has 2 heterocycles. The molecule has 3 rings (SSSR count). The number of likely N-dealkylation sites (tertiary alicyclic amines) is 1. The quantitative estimate of drug-likeness (QED) is 0.809. The van der Waals surface area contributed by atoms with Crippen LogP contribution in [0.25, 0.3) is 0 Å². The van der Waals surface area contributed by atoms with E-state index >= 15 is 0 Å². The second kappa shape index (κ2) is 8.38. The Bertz CT molecular complexity index is 692. The first-order valence-corrected chi connectivity index (χ1v) is 9.96. The molecule has 2 amide bonds. The molecule has 0 aromatic heterocycles. The zero-order valence-electron chi connectivity index (χ0n) is 16.2. The zero-order chi connectivity index (χ0) is 19.4. The number of amides is 2. The van der Waals surface area contributed by atoms with Gasteiger partial charge in [0.15, 0.2) is 0 Å². The molecule has 1 unspecified atom stereocenters. The molecule has 2 saturated heterocycles. The van der Waals surface area contributed by atoms with Crippen molar-refractivity contribution >= 4 is 17.5 Å². The summed E-state index contributed by atoms with van der Waals surface area (Å²) in [5, 5.41) is 0. The molecular formula is C21H29FN2O3. The van der Waals surface area contributed by atoms with Crippen LogP contribution < -0.4 is 4.90 Å². The maximum atomic E-state index is 13.6. The minimum Gasteiger partial charge on any atom is -0.363 e. The van der Waals surface area contributed by atoms with Crippen molar-refractivity contribution in [1.82, 2.24) is 4.90 Å². The van der Waals surface area contributed by atoms with Crippen molar-refractivity contribution in [3.05, 3.63) is 30.1 Å². The number of ether oxygens (including phenoxy) is 1. The van der Waals surface area contributed by atoms with Crippen molar-refractivity contribution in [2.24, 2.45) is 5.92 Å². The van der Waals surface area contributed by atoms with Gasteiger partial charge in [0.05, 0.1) is 12.1 Å². The Balaban J connectivity index is 1.73. The van der Waals surface area contributed by atoms with Crippen LogP contribution in [-0.4, -0.2) is 48.6 Å². The topological polar surface area (TPSA) is 49.9 Å². The van der Waals surface area contributed by atoms with Gasteiger partial charge in [0.2, 0.25) is 5.91 Å². The molecule has 1 aromatic carbocycles. The third kappa shape index (κ3) is 4.32. The Morgan fingerprint density at radius 3 is 2.74 bits per heavy atom. The predicted octanol–water partition coefficient (Wildman–Crippen LogP) is 3.38. The average Bonchev–Trinajstić information content (AvgIpc) is 2.87. The maximum absolute atomic E-state index is 13.6. The molecule has 6 heteroatoms. The summed E-state index contributed by atoms with van der Waals surface area (Å²) in [5.74, 6) is -0.202. The largest absolute Gasteiger partial charge is 0.363 e. The van der Waals surface area contributed by atoms with Gasteiger partial charge in [0.25, 0.3) is 5.91 Å². The molecule has 1 aromatic rings. The van der Waals surface area contributed by atoms with Crippen molar-refractivity contribution in [3.8, 4) is 0 Å². The van der Waals surface area contributed by atoms with Crippen LogP contribution in [0.5, 0.6) is 0 Å². The molecular weight excluding hydrogens is 347 g/mol. The minimum atomic E-state index is -0.469. The van der Waals surface area contributed by atoms with Crippen LogP contribution in [0.3, 0.4) is 0 Å². The molecule has 27 heavy (non-hydrogen) atoms. The third-order valence-corrected chi connectivity index (χ3v) is 5.91. The number of nitrogens with zero attached hydrogens (tertiary/aromatic N) is 2.